The topological polar surface area (TPSA) is 88.3 Å². The number of benzene rings is 2. The highest BCUT2D eigenvalue weighted by molar-refractivity contribution is 6.06. The van der Waals surface area contributed by atoms with E-state index in [-0.39, 0.29) is 18.4 Å². The largest absolute Gasteiger partial charge is 0.419 e. The van der Waals surface area contributed by atoms with E-state index in [0.29, 0.717) is 11.8 Å². The number of anilines is 1. The molecule has 0 radical (unpaired) electrons. The number of aromatic nitrogens is 2. The molecule has 0 saturated heterocycles. The van der Waals surface area contributed by atoms with E-state index < -0.39 is 6.04 Å². The predicted molar refractivity (Wildman–Crippen MR) is 103 cm³/mol. The summed E-state index contributed by atoms with van der Waals surface area (Å²) in [6.07, 6.45) is 0. The van der Waals surface area contributed by atoms with Crippen LogP contribution in [-0.4, -0.2) is 22.0 Å². The van der Waals surface area contributed by atoms with Crippen molar-refractivity contribution >= 4 is 17.5 Å². The Bertz CT molecular complexity index is 1060. The van der Waals surface area contributed by atoms with Crippen molar-refractivity contribution in [3.05, 3.63) is 65.0 Å². The summed E-state index contributed by atoms with van der Waals surface area (Å²) in [6, 6.07) is 12.7. The zero-order chi connectivity index (χ0) is 19.8. The average Bonchev–Trinajstić information content (AvgIpc) is 3.21. The number of hydrogen-bond donors (Lipinski definition) is 1. The highest BCUT2D eigenvalue weighted by atomic mass is 16.4. The third kappa shape index (κ3) is 3.15. The van der Waals surface area contributed by atoms with Crippen LogP contribution >= 0.6 is 0 Å². The van der Waals surface area contributed by atoms with E-state index in [2.05, 4.69) is 15.5 Å². The fourth-order valence-electron chi connectivity index (χ4n) is 3.63. The first kappa shape index (κ1) is 17.9. The van der Waals surface area contributed by atoms with E-state index >= 15 is 0 Å². The molecule has 2 heterocycles. The molecule has 28 heavy (non-hydrogen) atoms. The molecule has 1 aliphatic rings. The molecular formula is C21H20N4O3. The van der Waals surface area contributed by atoms with Crippen molar-refractivity contribution in [2.45, 2.75) is 33.4 Å². The molecule has 0 aliphatic carbocycles. The van der Waals surface area contributed by atoms with Crippen LogP contribution in [0.1, 0.15) is 35.5 Å². The second-order valence-corrected chi connectivity index (χ2v) is 6.94. The van der Waals surface area contributed by atoms with Gasteiger partial charge in [0.15, 0.2) is 0 Å². The summed E-state index contributed by atoms with van der Waals surface area (Å²) < 4.78 is 5.77. The summed E-state index contributed by atoms with van der Waals surface area (Å²) in [6.45, 7) is 5.47. The Labute approximate surface area is 162 Å². The van der Waals surface area contributed by atoms with E-state index in [1.165, 1.54) is 6.92 Å². The SMILES string of the molecule is CC(=O)N[C@@H]1C(=O)N(Cc2nnc(-c3ccccc3)o2)c2c(C)cc(C)cc21. The van der Waals surface area contributed by atoms with Gasteiger partial charge in [0.05, 0.1) is 5.69 Å². The highest BCUT2D eigenvalue weighted by Crippen LogP contribution is 2.40. The van der Waals surface area contributed by atoms with Gasteiger partial charge in [0, 0.05) is 18.1 Å². The van der Waals surface area contributed by atoms with Gasteiger partial charge in [-0.25, -0.2) is 0 Å². The van der Waals surface area contributed by atoms with Crippen molar-refractivity contribution in [3.63, 3.8) is 0 Å². The van der Waals surface area contributed by atoms with E-state index in [1.807, 2.05) is 56.3 Å². The van der Waals surface area contributed by atoms with Crippen LogP contribution in [0.3, 0.4) is 0 Å². The van der Waals surface area contributed by atoms with Crippen LogP contribution in [0.4, 0.5) is 5.69 Å². The van der Waals surface area contributed by atoms with Crippen molar-refractivity contribution in [2.75, 3.05) is 4.90 Å². The van der Waals surface area contributed by atoms with E-state index in [0.717, 1.165) is 27.9 Å². The zero-order valence-corrected chi connectivity index (χ0v) is 15.9. The van der Waals surface area contributed by atoms with E-state index in [9.17, 15) is 9.59 Å². The van der Waals surface area contributed by atoms with Gasteiger partial charge in [-0.1, -0.05) is 35.9 Å². The Hall–Kier alpha value is -3.48. The monoisotopic (exact) mass is 376 g/mol. The summed E-state index contributed by atoms with van der Waals surface area (Å²) in [5, 5.41) is 10.9. The van der Waals surface area contributed by atoms with Gasteiger partial charge in [-0.15, -0.1) is 10.2 Å². The number of fused-ring (bicyclic) bond motifs is 1. The van der Waals surface area contributed by atoms with Crippen LogP contribution in [0, 0.1) is 13.8 Å². The Balaban J connectivity index is 1.68. The smallest absolute Gasteiger partial charge is 0.254 e. The molecule has 0 spiro atoms. The van der Waals surface area contributed by atoms with Crippen molar-refractivity contribution in [1.82, 2.24) is 15.5 Å². The molecule has 4 rings (SSSR count). The Morgan fingerprint density at radius 3 is 2.64 bits per heavy atom. The minimum atomic E-state index is -0.706. The third-order valence-electron chi connectivity index (χ3n) is 4.70. The van der Waals surface area contributed by atoms with Crippen molar-refractivity contribution < 1.29 is 14.0 Å². The van der Waals surface area contributed by atoms with Gasteiger partial charge in [0.1, 0.15) is 12.6 Å². The molecule has 142 valence electrons. The van der Waals surface area contributed by atoms with Gasteiger partial charge >= 0.3 is 0 Å². The third-order valence-corrected chi connectivity index (χ3v) is 4.70. The molecule has 2 amide bonds. The molecule has 0 fully saturated rings. The number of aryl methyl sites for hydroxylation is 2. The van der Waals surface area contributed by atoms with Crippen LogP contribution in [-0.2, 0) is 16.1 Å². The van der Waals surface area contributed by atoms with Crippen LogP contribution < -0.4 is 10.2 Å². The lowest BCUT2D eigenvalue weighted by atomic mass is 10.0. The van der Waals surface area contributed by atoms with Crippen molar-refractivity contribution in [1.29, 1.82) is 0 Å². The molecule has 0 unspecified atom stereocenters. The zero-order valence-electron chi connectivity index (χ0n) is 15.9. The molecular weight excluding hydrogens is 356 g/mol. The molecule has 1 atom stereocenters. The Kier molecular flexibility index (Phi) is 4.43. The summed E-state index contributed by atoms with van der Waals surface area (Å²) in [7, 11) is 0. The summed E-state index contributed by atoms with van der Waals surface area (Å²) in [5.74, 6) is 0.274. The van der Waals surface area contributed by atoms with Crippen LogP contribution in [0.25, 0.3) is 11.5 Å². The normalized spacial score (nSPS) is 15.6. The fraction of sp³-hybridized carbons (Fsp3) is 0.238. The number of amides is 2. The highest BCUT2D eigenvalue weighted by Gasteiger charge is 2.39. The minimum absolute atomic E-state index is 0.144. The first-order valence-corrected chi connectivity index (χ1v) is 9.01. The summed E-state index contributed by atoms with van der Waals surface area (Å²) >= 11 is 0. The lowest BCUT2D eigenvalue weighted by Crippen LogP contribution is -2.36. The van der Waals surface area contributed by atoms with Crippen LogP contribution in [0.5, 0.6) is 0 Å². The molecule has 0 bridgehead atoms. The molecule has 1 aromatic heterocycles. The Morgan fingerprint density at radius 1 is 1.18 bits per heavy atom. The number of hydrogen-bond acceptors (Lipinski definition) is 5. The Morgan fingerprint density at radius 2 is 1.93 bits per heavy atom. The second-order valence-electron chi connectivity index (χ2n) is 6.94. The standard InChI is InChI=1S/C21H20N4O3/c1-12-9-13(2)19-16(10-12)18(22-14(3)26)21(27)25(19)11-17-23-24-20(28-17)15-7-5-4-6-8-15/h4-10,18H,11H2,1-3H3,(H,22,26)/t18-/m0/s1. The fourth-order valence-corrected chi connectivity index (χ4v) is 3.63. The van der Waals surface area contributed by atoms with E-state index in [1.54, 1.807) is 4.90 Å². The van der Waals surface area contributed by atoms with Gasteiger partial charge in [-0.05, 0) is 31.5 Å². The maximum atomic E-state index is 13.1. The molecule has 3 aromatic rings. The number of nitrogens with zero attached hydrogens (tertiary/aromatic N) is 3. The number of carbonyl (C=O) groups excluding carboxylic acids is 2. The number of nitrogens with one attached hydrogen (secondary N) is 1. The minimum Gasteiger partial charge on any atom is -0.419 e. The van der Waals surface area contributed by atoms with Crippen LogP contribution in [0.15, 0.2) is 46.9 Å². The predicted octanol–water partition coefficient (Wildman–Crippen LogP) is 3.08. The van der Waals surface area contributed by atoms with Gasteiger partial charge in [0.25, 0.3) is 5.91 Å². The molecule has 7 heteroatoms. The van der Waals surface area contributed by atoms with E-state index in [4.69, 9.17) is 4.42 Å². The van der Waals surface area contributed by atoms with Crippen molar-refractivity contribution in [2.24, 2.45) is 0 Å². The molecule has 1 aliphatic heterocycles. The average molecular weight is 376 g/mol. The van der Waals surface area contributed by atoms with Gasteiger partial charge in [-0.2, -0.15) is 0 Å². The lowest BCUT2D eigenvalue weighted by Gasteiger charge is -2.17. The maximum Gasteiger partial charge on any atom is 0.254 e. The second kappa shape index (κ2) is 6.92. The molecule has 1 N–H and O–H groups in total. The first-order valence-electron chi connectivity index (χ1n) is 9.01. The lowest BCUT2D eigenvalue weighted by molar-refractivity contribution is -0.126. The van der Waals surface area contributed by atoms with Gasteiger partial charge in [0.2, 0.25) is 17.7 Å². The van der Waals surface area contributed by atoms with Gasteiger partial charge in [-0.3, -0.25) is 9.59 Å². The summed E-state index contributed by atoms with van der Waals surface area (Å²) in [4.78, 5) is 26.3. The van der Waals surface area contributed by atoms with Gasteiger partial charge < -0.3 is 14.6 Å². The number of rotatable bonds is 4. The molecule has 0 saturated carbocycles. The molecule has 7 nitrogen and oxygen atoms in total. The number of carbonyl (C=O) groups is 2. The maximum absolute atomic E-state index is 13.1. The summed E-state index contributed by atoms with van der Waals surface area (Å²) in [5.41, 5.74) is 4.39. The molecule has 2 aromatic carbocycles. The van der Waals surface area contributed by atoms with Crippen LogP contribution in [0.2, 0.25) is 0 Å². The quantitative estimate of drug-likeness (QED) is 0.756. The first-order chi connectivity index (χ1) is 13.4. The van der Waals surface area contributed by atoms with Crippen molar-refractivity contribution in [3.8, 4) is 11.5 Å².